The molecule has 0 bridgehead atoms. The lowest BCUT2D eigenvalue weighted by Crippen LogP contribution is -2.81. The average molecular weight is 487 g/mol. The number of carbonyl (C=O) groups is 1. The molecule has 0 aliphatic heterocycles. The molecule has 0 spiro atoms. The number of anilines is 1. The summed E-state index contributed by atoms with van der Waals surface area (Å²) >= 11 is 0. The lowest BCUT2D eigenvalue weighted by molar-refractivity contribution is -0.670. The smallest absolute Gasteiger partial charge is 0.203 e. The molecule has 190 valence electrons. The molecule has 0 aromatic heterocycles. The molecule has 6 N–H and O–H groups in total. The summed E-state index contributed by atoms with van der Waals surface area (Å²) in [5, 5.41) is 16.2. The first-order valence-corrected chi connectivity index (χ1v) is 11.9. The largest absolute Gasteiger partial charge is 0.544 e. The zero-order chi connectivity index (χ0) is 25.5. The molecule has 35 heavy (non-hydrogen) atoms. The van der Waals surface area contributed by atoms with Crippen molar-refractivity contribution in [3.8, 4) is 28.4 Å². The lowest BCUT2D eigenvalue weighted by Gasteiger charge is -2.19. The van der Waals surface area contributed by atoms with E-state index in [0.717, 1.165) is 41.5 Å². The average Bonchev–Trinajstić information content (AvgIpc) is 3.10. The van der Waals surface area contributed by atoms with Gasteiger partial charge in [-0.25, -0.2) is 0 Å². The number of methoxy groups -OCH3 is 3. The Balaban J connectivity index is 2.01. The van der Waals surface area contributed by atoms with Crippen molar-refractivity contribution in [2.24, 2.45) is 0 Å². The van der Waals surface area contributed by atoms with Crippen molar-refractivity contribution in [1.82, 2.24) is 0 Å². The molecule has 0 amide bonds. The highest BCUT2D eigenvalue weighted by Gasteiger charge is 2.29. The van der Waals surface area contributed by atoms with Crippen LogP contribution in [0, 0.1) is 0 Å². The van der Waals surface area contributed by atoms with Gasteiger partial charge in [-0.1, -0.05) is 6.07 Å². The molecule has 0 saturated heterocycles. The SMILES string of the molecule is C[NH2+]C1CCc2cc(OC)c(OC)c(OC)c2-c2ccc(NCCCCC([NH3+])C(=O)[O-])c(=O)cc21. The third kappa shape index (κ3) is 5.68. The van der Waals surface area contributed by atoms with E-state index in [1.807, 2.05) is 25.2 Å². The minimum absolute atomic E-state index is 0.0919. The first-order chi connectivity index (χ1) is 16.9. The number of aryl methyl sites for hydroxylation is 1. The number of benzene rings is 1. The molecule has 2 aromatic rings. The van der Waals surface area contributed by atoms with Crippen molar-refractivity contribution < 1.29 is 35.2 Å². The molecule has 0 heterocycles. The number of hydrogen-bond acceptors (Lipinski definition) is 7. The van der Waals surface area contributed by atoms with E-state index in [9.17, 15) is 14.7 Å². The van der Waals surface area contributed by atoms with E-state index in [4.69, 9.17) is 14.2 Å². The summed E-state index contributed by atoms with van der Waals surface area (Å²) in [6, 6.07) is 6.87. The third-order valence-electron chi connectivity index (χ3n) is 6.62. The number of quaternary nitrogens is 2. The predicted molar refractivity (Wildman–Crippen MR) is 131 cm³/mol. The van der Waals surface area contributed by atoms with Crippen LogP contribution < -0.4 is 41.1 Å². The Morgan fingerprint density at radius 2 is 1.91 bits per heavy atom. The maximum atomic E-state index is 13.2. The summed E-state index contributed by atoms with van der Waals surface area (Å²) < 4.78 is 17.0. The van der Waals surface area contributed by atoms with Crippen molar-refractivity contribution in [2.45, 2.75) is 44.2 Å². The number of hydrogen-bond donors (Lipinski definition) is 3. The number of fused-ring (bicyclic) bond motifs is 3. The zero-order valence-corrected chi connectivity index (χ0v) is 20.9. The Kier molecular flexibility index (Phi) is 8.95. The zero-order valence-electron chi connectivity index (χ0n) is 20.9. The number of nitrogens with two attached hydrogens (primary N) is 1. The minimum Gasteiger partial charge on any atom is -0.544 e. The molecule has 9 nitrogen and oxygen atoms in total. The molecular weight excluding hydrogens is 450 g/mol. The Hall–Kier alpha value is -3.30. The molecule has 0 fully saturated rings. The van der Waals surface area contributed by atoms with Crippen LogP contribution in [0.15, 0.2) is 29.1 Å². The predicted octanol–water partition coefficient (Wildman–Crippen LogP) is -0.137. The molecule has 0 radical (unpaired) electrons. The van der Waals surface area contributed by atoms with Gasteiger partial charge in [-0.3, -0.25) is 4.79 Å². The second-order valence-corrected chi connectivity index (χ2v) is 8.72. The first-order valence-electron chi connectivity index (χ1n) is 11.9. The van der Waals surface area contributed by atoms with Gasteiger partial charge in [0.25, 0.3) is 0 Å². The van der Waals surface area contributed by atoms with Gasteiger partial charge in [0, 0.05) is 30.5 Å². The Labute approximate surface area is 205 Å². The van der Waals surface area contributed by atoms with Crippen LogP contribution in [0.3, 0.4) is 0 Å². The fraction of sp³-hybridized carbons (Fsp3) is 0.462. The molecule has 2 aromatic carbocycles. The number of nitrogens with one attached hydrogen (secondary N) is 1. The number of aliphatic carboxylic acids is 1. The Morgan fingerprint density at radius 1 is 1.17 bits per heavy atom. The highest BCUT2D eigenvalue weighted by atomic mass is 16.5. The van der Waals surface area contributed by atoms with E-state index >= 15 is 0 Å². The molecule has 2 atom stereocenters. The quantitative estimate of drug-likeness (QED) is 0.376. The fourth-order valence-electron chi connectivity index (χ4n) is 4.69. The van der Waals surface area contributed by atoms with E-state index in [2.05, 4.69) is 16.4 Å². The van der Waals surface area contributed by atoms with Crippen LogP contribution >= 0.6 is 0 Å². The fourth-order valence-corrected chi connectivity index (χ4v) is 4.69. The Bertz CT molecular complexity index is 1120. The van der Waals surface area contributed by atoms with Crippen molar-refractivity contribution in [3.63, 3.8) is 0 Å². The van der Waals surface area contributed by atoms with E-state index in [-0.39, 0.29) is 11.5 Å². The molecule has 1 aliphatic carbocycles. The first kappa shape index (κ1) is 26.3. The van der Waals surface area contributed by atoms with Crippen LogP contribution in [0.4, 0.5) is 5.69 Å². The van der Waals surface area contributed by atoms with Crippen molar-refractivity contribution in [1.29, 1.82) is 0 Å². The van der Waals surface area contributed by atoms with Gasteiger partial charge < -0.3 is 40.5 Å². The molecule has 1 aliphatic rings. The van der Waals surface area contributed by atoms with Crippen molar-refractivity contribution >= 4 is 11.7 Å². The van der Waals surface area contributed by atoms with Gasteiger partial charge in [-0.05, 0) is 48.6 Å². The highest BCUT2D eigenvalue weighted by Crippen LogP contribution is 2.49. The second-order valence-electron chi connectivity index (χ2n) is 8.72. The van der Waals surface area contributed by atoms with Crippen LogP contribution in [0.2, 0.25) is 0 Å². The number of unbranched alkanes of at least 4 members (excludes halogenated alkanes) is 1. The van der Waals surface area contributed by atoms with Gasteiger partial charge in [0.1, 0.15) is 12.1 Å². The van der Waals surface area contributed by atoms with Crippen molar-refractivity contribution in [3.05, 3.63) is 45.6 Å². The number of carboxylic acids is 1. The summed E-state index contributed by atoms with van der Waals surface area (Å²) in [6.45, 7) is 0.554. The Morgan fingerprint density at radius 3 is 2.54 bits per heavy atom. The summed E-state index contributed by atoms with van der Waals surface area (Å²) in [7, 11) is 6.81. The highest BCUT2D eigenvalue weighted by molar-refractivity contribution is 5.82. The molecule has 2 unspecified atom stereocenters. The van der Waals surface area contributed by atoms with Gasteiger partial charge >= 0.3 is 0 Å². The molecular formula is C26H36N3O6+. The summed E-state index contributed by atoms with van der Waals surface area (Å²) in [6.07, 6.45) is 3.50. The maximum absolute atomic E-state index is 13.2. The van der Waals surface area contributed by atoms with Gasteiger partial charge in [0.05, 0.1) is 40.0 Å². The second kappa shape index (κ2) is 11.9. The number of ether oxygens (including phenoxy) is 3. The lowest BCUT2D eigenvalue weighted by atomic mass is 9.95. The third-order valence-corrected chi connectivity index (χ3v) is 6.62. The summed E-state index contributed by atoms with van der Waals surface area (Å²) in [5.74, 6) is 0.581. The summed E-state index contributed by atoms with van der Waals surface area (Å²) in [4.78, 5) is 24.0. The standard InChI is InChI=1S/C26H35N3O6/c1-28-19-10-8-15-13-22(33-2)24(34-3)25(35-4)23(15)16-9-11-20(21(30)14-17(16)19)29-12-6-5-7-18(27)26(31)32/h9,11,13-14,18-19,28H,5-8,10,12,27H2,1-4H3,(H,29,30)(H,31,32)/p+1. The van der Waals surface area contributed by atoms with Crippen LogP contribution in [0.5, 0.6) is 17.2 Å². The van der Waals surface area contributed by atoms with Crippen LogP contribution in [0.1, 0.15) is 42.9 Å². The van der Waals surface area contributed by atoms with Gasteiger partial charge in [0.2, 0.25) is 11.2 Å². The number of carboxylic acid groups (broad SMARTS) is 1. The van der Waals surface area contributed by atoms with Crippen molar-refractivity contribution in [2.75, 3.05) is 40.2 Å². The number of rotatable bonds is 11. The topological polar surface area (TPSA) is 141 Å². The molecule has 3 rings (SSSR count). The van der Waals surface area contributed by atoms with Crippen LogP contribution in [-0.4, -0.2) is 46.9 Å². The normalized spacial score (nSPS) is 15.3. The molecule has 9 heteroatoms. The van der Waals surface area contributed by atoms with Crippen LogP contribution in [-0.2, 0) is 11.2 Å². The monoisotopic (exact) mass is 486 g/mol. The van der Waals surface area contributed by atoms with E-state index in [1.165, 1.54) is 0 Å². The summed E-state index contributed by atoms with van der Waals surface area (Å²) in [5.41, 5.74) is 7.85. The molecule has 0 saturated carbocycles. The van der Waals surface area contributed by atoms with E-state index in [1.54, 1.807) is 27.4 Å². The van der Waals surface area contributed by atoms with E-state index in [0.29, 0.717) is 42.3 Å². The van der Waals surface area contributed by atoms with Gasteiger partial charge in [-0.15, -0.1) is 0 Å². The van der Waals surface area contributed by atoms with Gasteiger partial charge in [0.15, 0.2) is 11.5 Å². The maximum Gasteiger partial charge on any atom is 0.203 e. The minimum atomic E-state index is -1.14. The van der Waals surface area contributed by atoms with Gasteiger partial charge in [-0.2, -0.15) is 0 Å². The van der Waals surface area contributed by atoms with Crippen LogP contribution in [0.25, 0.3) is 11.1 Å². The number of carbonyl (C=O) groups excluding carboxylic acids is 1. The van der Waals surface area contributed by atoms with E-state index < -0.39 is 12.0 Å².